The first-order valence-corrected chi connectivity index (χ1v) is 13.4. The number of para-hydroxylation sites is 3. The Morgan fingerprint density at radius 2 is 1.75 bits per heavy atom. The molecule has 4 rings (SSSR count). The summed E-state index contributed by atoms with van der Waals surface area (Å²) >= 11 is 0. The fourth-order valence-electron chi connectivity index (χ4n) is 3.90. The van der Waals surface area contributed by atoms with E-state index in [2.05, 4.69) is 9.97 Å². The number of amides is 1. The summed E-state index contributed by atoms with van der Waals surface area (Å²) in [4.78, 5) is 35.4. The molecule has 2 heterocycles. The molecule has 9 nitrogen and oxygen atoms in total. The van der Waals surface area contributed by atoms with Crippen LogP contribution in [0.2, 0.25) is 0 Å². The summed E-state index contributed by atoms with van der Waals surface area (Å²) in [5.74, 6) is -0.769. The van der Waals surface area contributed by atoms with Crippen molar-refractivity contribution in [3.05, 3.63) is 78.1 Å². The smallest absolute Gasteiger partial charge is 0.422 e. The Kier molecular flexibility index (Phi) is 8.83. The summed E-state index contributed by atoms with van der Waals surface area (Å²) in [5, 5.41) is -0.0672. The number of hydrogen-bond acceptors (Lipinski definition) is 7. The van der Waals surface area contributed by atoms with Crippen LogP contribution in [0.4, 0.5) is 23.7 Å². The Morgan fingerprint density at radius 1 is 1.05 bits per heavy atom. The van der Waals surface area contributed by atoms with Gasteiger partial charge in [0.2, 0.25) is 5.16 Å². The average Bonchev–Trinajstić information content (AvgIpc) is 3.31. The highest BCUT2D eigenvalue weighted by atomic mass is 32.2. The number of pyridine rings is 1. The van der Waals surface area contributed by atoms with Gasteiger partial charge in [-0.15, -0.1) is 0 Å². The Balaban J connectivity index is 1.70. The predicted octanol–water partition coefficient (Wildman–Crippen LogP) is 5.03. The summed E-state index contributed by atoms with van der Waals surface area (Å²) in [6, 6.07) is 16.2. The number of halogens is 3. The minimum atomic E-state index is -4.52. The van der Waals surface area contributed by atoms with Gasteiger partial charge in [0.1, 0.15) is 12.4 Å². The van der Waals surface area contributed by atoms with E-state index >= 15 is 0 Å². The van der Waals surface area contributed by atoms with Crippen molar-refractivity contribution >= 4 is 39.5 Å². The second-order valence-electron chi connectivity index (χ2n) is 8.60. The Morgan fingerprint density at radius 3 is 2.45 bits per heavy atom. The highest BCUT2D eigenvalue weighted by Gasteiger charge is 2.30. The number of nitrogens with zero attached hydrogens (tertiary/aromatic N) is 4. The van der Waals surface area contributed by atoms with Gasteiger partial charge in [-0.3, -0.25) is 18.9 Å². The van der Waals surface area contributed by atoms with E-state index in [9.17, 15) is 27.0 Å². The summed E-state index contributed by atoms with van der Waals surface area (Å²) in [6.45, 7) is 1.24. The van der Waals surface area contributed by atoms with Gasteiger partial charge < -0.3 is 9.47 Å². The number of hydrogen-bond donors (Lipinski definition) is 0. The lowest BCUT2D eigenvalue weighted by molar-refractivity contribution is -0.153. The van der Waals surface area contributed by atoms with E-state index in [1.54, 1.807) is 54.6 Å². The molecule has 0 unspecified atom stereocenters. The number of carbonyl (C=O) groups is 2. The number of rotatable bonds is 9. The van der Waals surface area contributed by atoms with Gasteiger partial charge in [0.15, 0.2) is 6.61 Å². The molecule has 0 aliphatic heterocycles. The number of benzene rings is 2. The number of fused-ring (bicyclic) bond motifs is 1. The van der Waals surface area contributed by atoms with Crippen LogP contribution in [0.25, 0.3) is 11.0 Å². The molecule has 4 aromatic rings. The molecule has 2 aromatic carbocycles. The number of imidazole rings is 1. The van der Waals surface area contributed by atoms with Crippen molar-refractivity contribution < 1.29 is 36.4 Å². The molecule has 1 atom stereocenters. The third kappa shape index (κ3) is 6.84. The van der Waals surface area contributed by atoms with Gasteiger partial charge >= 0.3 is 18.2 Å². The van der Waals surface area contributed by atoms with E-state index in [4.69, 9.17) is 9.47 Å². The molecule has 13 heteroatoms. The van der Waals surface area contributed by atoms with Gasteiger partial charge in [-0.1, -0.05) is 30.3 Å². The van der Waals surface area contributed by atoms with Gasteiger partial charge in [0, 0.05) is 24.4 Å². The van der Waals surface area contributed by atoms with Gasteiger partial charge in [0.05, 0.1) is 39.8 Å². The first kappa shape index (κ1) is 28.7. The predicted molar refractivity (Wildman–Crippen MR) is 142 cm³/mol. The molecule has 1 amide bonds. The van der Waals surface area contributed by atoms with Crippen molar-refractivity contribution in [1.29, 1.82) is 0 Å². The lowest BCUT2D eigenvalue weighted by Crippen LogP contribution is -2.38. The summed E-state index contributed by atoms with van der Waals surface area (Å²) < 4.78 is 62.9. The van der Waals surface area contributed by atoms with Gasteiger partial charge in [0.25, 0.3) is 0 Å². The first-order valence-electron chi connectivity index (χ1n) is 12.1. The zero-order valence-electron chi connectivity index (χ0n) is 21.6. The van der Waals surface area contributed by atoms with Crippen LogP contribution in [-0.2, 0) is 26.1 Å². The molecule has 0 aliphatic carbocycles. The lowest BCUT2D eigenvalue weighted by Gasteiger charge is -2.23. The third-order valence-electron chi connectivity index (χ3n) is 5.76. The summed E-state index contributed by atoms with van der Waals surface area (Å²) in [6.07, 6.45) is -3.25. The number of alkyl halides is 3. The molecule has 0 radical (unpaired) electrons. The maximum atomic E-state index is 14.0. The SMILES string of the molecule is CC(=O)OCCN(C(=O)n1c([S@](=O)Cc2nccc(OCC(F)(F)F)c2C)nc2ccccc21)c1ccccc1. The van der Waals surface area contributed by atoms with E-state index < -0.39 is 35.6 Å². The molecule has 0 fully saturated rings. The second-order valence-corrected chi connectivity index (χ2v) is 9.95. The van der Waals surface area contributed by atoms with Crippen LogP contribution in [0.3, 0.4) is 0 Å². The molecule has 0 bridgehead atoms. The van der Waals surface area contributed by atoms with Gasteiger partial charge in [-0.2, -0.15) is 13.2 Å². The molecule has 0 spiro atoms. The molecule has 0 N–H and O–H groups in total. The zero-order valence-corrected chi connectivity index (χ0v) is 22.4. The molecule has 2 aromatic heterocycles. The van der Waals surface area contributed by atoms with Crippen LogP contribution < -0.4 is 9.64 Å². The Bertz CT molecular complexity index is 1540. The van der Waals surface area contributed by atoms with Crippen LogP contribution in [-0.4, -0.2) is 56.7 Å². The Hall–Kier alpha value is -4.26. The molecule has 40 heavy (non-hydrogen) atoms. The number of aromatic nitrogens is 3. The molecule has 210 valence electrons. The fraction of sp³-hybridized carbons (Fsp3) is 0.259. The largest absolute Gasteiger partial charge is 0.484 e. The zero-order chi connectivity index (χ0) is 28.9. The van der Waals surface area contributed by atoms with Crippen molar-refractivity contribution in [3.8, 4) is 5.75 Å². The number of carbonyl (C=O) groups excluding carboxylic acids is 2. The average molecular weight is 575 g/mol. The molecular weight excluding hydrogens is 549 g/mol. The Labute approximate surface area is 230 Å². The standard InChI is InChI=1S/C27H25F3N4O5S/c1-18-22(31-13-12-24(18)39-17-27(28,29)30)16-40(37)25-32-21-10-6-7-11-23(21)34(25)26(36)33(14-15-38-19(2)35)20-8-4-3-5-9-20/h3-13H,14-17H2,1-2H3/t40-/m1/s1. The molecule has 0 aliphatic rings. The quantitative estimate of drug-likeness (QED) is 0.259. The maximum absolute atomic E-state index is 14.0. The number of anilines is 1. The first-order chi connectivity index (χ1) is 19.0. The summed E-state index contributed by atoms with van der Waals surface area (Å²) in [5.41, 5.74) is 1.86. The van der Waals surface area contributed by atoms with Crippen molar-refractivity contribution in [2.24, 2.45) is 0 Å². The van der Waals surface area contributed by atoms with Crippen LogP contribution in [0, 0.1) is 6.92 Å². The van der Waals surface area contributed by atoms with Crippen LogP contribution >= 0.6 is 0 Å². The van der Waals surface area contributed by atoms with E-state index in [1.807, 2.05) is 0 Å². The topological polar surface area (TPSA) is 104 Å². The van der Waals surface area contributed by atoms with E-state index in [1.165, 1.54) is 35.6 Å². The van der Waals surface area contributed by atoms with Gasteiger partial charge in [-0.05, 0) is 37.3 Å². The molecular formula is C27H25F3N4O5S. The monoisotopic (exact) mass is 574 g/mol. The second kappa shape index (κ2) is 12.3. The minimum absolute atomic E-state index is 0.0141. The van der Waals surface area contributed by atoms with E-state index in [0.29, 0.717) is 22.3 Å². The lowest BCUT2D eigenvalue weighted by atomic mass is 10.2. The third-order valence-corrected chi connectivity index (χ3v) is 6.98. The van der Waals surface area contributed by atoms with Crippen molar-refractivity contribution in [2.75, 3.05) is 24.7 Å². The van der Waals surface area contributed by atoms with E-state index in [0.717, 1.165) is 0 Å². The number of esters is 1. The van der Waals surface area contributed by atoms with Crippen LogP contribution in [0.15, 0.2) is 72.0 Å². The van der Waals surface area contributed by atoms with E-state index in [-0.39, 0.29) is 35.5 Å². The molecule has 0 saturated heterocycles. The van der Waals surface area contributed by atoms with Crippen LogP contribution in [0.1, 0.15) is 18.2 Å². The maximum Gasteiger partial charge on any atom is 0.422 e. The van der Waals surface area contributed by atoms with Crippen molar-refractivity contribution in [3.63, 3.8) is 0 Å². The van der Waals surface area contributed by atoms with Gasteiger partial charge in [-0.25, -0.2) is 14.3 Å². The molecule has 0 saturated carbocycles. The minimum Gasteiger partial charge on any atom is -0.484 e. The highest BCUT2D eigenvalue weighted by molar-refractivity contribution is 7.84. The highest BCUT2D eigenvalue weighted by Crippen LogP contribution is 2.27. The van der Waals surface area contributed by atoms with Crippen molar-refractivity contribution in [1.82, 2.24) is 14.5 Å². The fourth-order valence-corrected chi connectivity index (χ4v) is 5.14. The normalized spacial score (nSPS) is 12.2. The van der Waals surface area contributed by atoms with Crippen molar-refractivity contribution in [2.45, 2.75) is 30.9 Å². The number of ether oxygens (including phenoxy) is 2. The van der Waals surface area contributed by atoms with Crippen LogP contribution in [0.5, 0.6) is 5.75 Å². The summed E-state index contributed by atoms with van der Waals surface area (Å²) in [7, 11) is -1.95.